The second kappa shape index (κ2) is 7.91. The highest BCUT2D eigenvalue weighted by atomic mass is 19.4. The summed E-state index contributed by atoms with van der Waals surface area (Å²) in [6.07, 6.45) is -1.82. The average Bonchev–Trinajstić information content (AvgIpc) is 2.68. The minimum absolute atomic E-state index is 0.000878. The number of likely N-dealkylation sites (N-methyl/N-ethyl adjacent to an activating group) is 1. The predicted molar refractivity (Wildman–Crippen MR) is 94.8 cm³/mol. The Balaban J connectivity index is 1.69. The Morgan fingerprint density at radius 1 is 1.11 bits per heavy atom. The van der Waals surface area contributed by atoms with E-state index in [2.05, 4.69) is 27.1 Å². The van der Waals surface area contributed by atoms with E-state index in [-0.39, 0.29) is 17.5 Å². The van der Waals surface area contributed by atoms with Gasteiger partial charge in [0.05, 0.1) is 16.8 Å². The highest BCUT2D eigenvalue weighted by molar-refractivity contribution is 5.93. The Hall–Kier alpha value is -2.68. The summed E-state index contributed by atoms with van der Waals surface area (Å²) in [6.45, 7) is 5.92. The third-order valence-corrected chi connectivity index (χ3v) is 4.48. The van der Waals surface area contributed by atoms with Gasteiger partial charge in [0.2, 0.25) is 5.95 Å². The van der Waals surface area contributed by atoms with Gasteiger partial charge in [0.15, 0.2) is 0 Å². The quantitative estimate of drug-likeness (QED) is 0.885. The molecule has 0 aliphatic carbocycles. The number of alkyl halides is 3. The lowest BCUT2D eigenvalue weighted by atomic mass is 10.1. The number of carbonyl (C=O) groups is 1. The number of amides is 1. The predicted octanol–water partition coefficient (Wildman–Crippen LogP) is 3.02. The molecule has 0 radical (unpaired) electrons. The molecule has 1 saturated heterocycles. The van der Waals surface area contributed by atoms with Crippen molar-refractivity contribution in [3.8, 4) is 0 Å². The van der Waals surface area contributed by atoms with Crippen molar-refractivity contribution < 1.29 is 18.0 Å². The first-order valence-electron chi connectivity index (χ1n) is 8.65. The van der Waals surface area contributed by atoms with Crippen LogP contribution in [0, 0.1) is 0 Å². The lowest BCUT2D eigenvalue weighted by molar-refractivity contribution is -0.136. The minimum Gasteiger partial charge on any atom is -0.336 e. The maximum absolute atomic E-state index is 13.0. The van der Waals surface area contributed by atoms with E-state index in [0.29, 0.717) is 18.7 Å². The molecule has 2 heterocycles. The Morgan fingerprint density at radius 3 is 2.33 bits per heavy atom. The smallest absolute Gasteiger partial charge is 0.336 e. The molecule has 0 saturated carbocycles. The van der Waals surface area contributed by atoms with Crippen LogP contribution in [0.4, 0.5) is 24.8 Å². The third-order valence-electron chi connectivity index (χ3n) is 4.48. The van der Waals surface area contributed by atoms with Gasteiger partial charge in [0, 0.05) is 38.6 Å². The van der Waals surface area contributed by atoms with E-state index in [4.69, 9.17) is 0 Å². The van der Waals surface area contributed by atoms with Crippen LogP contribution in [0.2, 0.25) is 0 Å². The van der Waals surface area contributed by atoms with Crippen LogP contribution in [0.25, 0.3) is 0 Å². The average molecular weight is 379 g/mol. The zero-order valence-electron chi connectivity index (χ0n) is 14.8. The van der Waals surface area contributed by atoms with E-state index in [9.17, 15) is 18.0 Å². The molecule has 0 spiro atoms. The molecule has 1 aromatic carbocycles. The summed E-state index contributed by atoms with van der Waals surface area (Å²) in [5.74, 6) is -0.174. The summed E-state index contributed by atoms with van der Waals surface area (Å²) < 4.78 is 39.1. The molecule has 0 atom stereocenters. The van der Waals surface area contributed by atoms with Crippen molar-refractivity contribution in [3.63, 3.8) is 0 Å². The van der Waals surface area contributed by atoms with E-state index in [1.807, 2.05) is 0 Å². The van der Waals surface area contributed by atoms with Gasteiger partial charge < -0.3 is 15.1 Å². The maximum atomic E-state index is 13.0. The lowest BCUT2D eigenvalue weighted by Gasteiger charge is -2.33. The molecular weight excluding hydrogens is 359 g/mol. The first-order valence-corrected chi connectivity index (χ1v) is 8.65. The van der Waals surface area contributed by atoms with Gasteiger partial charge in [-0.15, -0.1) is 0 Å². The van der Waals surface area contributed by atoms with Crippen molar-refractivity contribution >= 4 is 17.5 Å². The van der Waals surface area contributed by atoms with Gasteiger partial charge in [-0.3, -0.25) is 4.79 Å². The number of anilines is 2. The molecule has 6 nitrogen and oxygen atoms in total. The zero-order chi connectivity index (χ0) is 19.4. The van der Waals surface area contributed by atoms with E-state index < -0.39 is 11.7 Å². The largest absolute Gasteiger partial charge is 0.418 e. The number of hydrogen-bond acceptors (Lipinski definition) is 5. The Morgan fingerprint density at radius 2 is 1.74 bits per heavy atom. The molecule has 1 amide bonds. The topological polar surface area (TPSA) is 61.4 Å². The molecule has 2 aromatic rings. The second-order valence-corrected chi connectivity index (χ2v) is 6.19. The summed E-state index contributed by atoms with van der Waals surface area (Å²) in [6, 6.07) is 5.09. The van der Waals surface area contributed by atoms with Gasteiger partial charge in [0.25, 0.3) is 5.91 Å². The molecule has 1 aliphatic rings. The normalized spacial score (nSPS) is 15.6. The SMILES string of the molecule is CCN1CCN(C(=O)c2cnc(Nc3ccccc3C(F)(F)F)nc2)CC1. The van der Waals surface area contributed by atoms with E-state index in [1.165, 1.54) is 30.6 Å². The second-order valence-electron chi connectivity index (χ2n) is 6.19. The van der Waals surface area contributed by atoms with Crippen molar-refractivity contribution in [1.82, 2.24) is 19.8 Å². The number of nitrogens with zero attached hydrogens (tertiary/aromatic N) is 4. The number of hydrogen-bond donors (Lipinski definition) is 1. The van der Waals surface area contributed by atoms with Gasteiger partial charge in [-0.1, -0.05) is 19.1 Å². The third kappa shape index (κ3) is 4.54. The van der Waals surface area contributed by atoms with Crippen LogP contribution in [0.1, 0.15) is 22.8 Å². The molecule has 0 unspecified atom stereocenters. The summed E-state index contributed by atoms with van der Waals surface area (Å²) in [5, 5.41) is 2.56. The lowest BCUT2D eigenvalue weighted by Crippen LogP contribution is -2.48. The van der Waals surface area contributed by atoms with E-state index in [1.54, 1.807) is 4.90 Å². The van der Waals surface area contributed by atoms with Crippen molar-refractivity contribution in [3.05, 3.63) is 47.8 Å². The van der Waals surface area contributed by atoms with E-state index >= 15 is 0 Å². The molecule has 1 aromatic heterocycles. The number of rotatable bonds is 4. The molecule has 1 N–H and O–H groups in total. The van der Waals surface area contributed by atoms with Gasteiger partial charge in [0.1, 0.15) is 0 Å². The molecule has 1 fully saturated rings. The molecular formula is C18H20F3N5O. The van der Waals surface area contributed by atoms with Crippen molar-refractivity contribution in [1.29, 1.82) is 0 Å². The molecule has 1 aliphatic heterocycles. The number of benzene rings is 1. The van der Waals surface area contributed by atoms with E-state index in [0.717, 1.165) is 25.7 Å². The van der Waals surface area contributed by atoms with Crippen LogP contribution in [0.5, 0.6) is 0 Å². The molecule has 0 bridgehead atoms. The minimum atomic E-state index is -4.49. The Bertz CT molecular complexity index is 786. The van der Waals surface area contributed by atoms with Crippen LogP contribution in [-0.4, -0.2) is 58.4 Å². The standard InChI is InChI=1S/C18H20F3N5O/c1-2-25-7-9-26(10-8-25)16(27)13-11-22-17(23-12-13)24-15-6-4-3-5-14(15)18(19,20)21/h3-6,11-12H,2,7-10H2,1H3,(H,22,23,24). The zero-order valence-corrected chi connectivity index (χ0v) is 14.8. The van der Waals surface area contributed by atoms with Gasteiger partial charge in [-0.05, 0) is 18.7 Å². The molecule has 27 heavy (non-hydrogen) atoms. The van der Waals surface area contributed by atoms with Crippen molar-refractivity contribution in [2.75, 3.05) is 38.0 Å². The van der Waals surface area contributed by atoms with Gasteiger partial charge in [-0.2, -0.15) is 13.2 Å². The first kappa shape index (κ1) is 19.1. The highest BCUT2D eigenvalue weighted by Crippen LogP contribution is 2.35. The molecule has 9 heteroatoms. The maximum Gasteiger partial charge on any atom is 0.418 e. The number of piperazine rings is 1. The van der Waals surface area contributed by atoms with Crippen molar-refractivity contribution in [2.24, 2.45) is 0 Å². The summed E-state index contributed by atoms with van der Waals surface area (Å²) >= 11 is 0. The number of nitrogens with one attached hydrogen (secondary N) is 1. The van der Waals surface area contributed by atoms with Crippen LogP contribution >= 0.6 is 0 Å². The van der Waals surface area contributed by atoms with Crippen LogP contribution in [0.3, 0.4) is 0 Å². The number of para-hydroxylation sites is 1. The van der Waals surface area contributed by atoms with Gasteiger partial charge >= 0.3 is 6.18 Å². The first-order chi connectivity index (χ1) is 12.9. The fraction of sp³-hybridized carbons (Fsp3) is 0.389. The number of aromatic nitrogens is 2. The number of carbonyl (C=O) groups excluding carboxylic acids is 1. The van der Waals surface area contributed by atoms with Crippen LogP contribution in [-0.2, 0) is 6.18 Å². The molecule has 3 rings (SSSR count). The van der Waals surface area contributed by atoms with Gasteiger partial charge in [-0.25, -0.2) is 9.97 Å². The molecule has 144 valence electrons. The summed E-state index contributed by atoms with van der Waals surface area (Å²) in [5.41, 5.74) is -0.628. The van der Waals surface area contributed by atoms with Crippen LogP contribution in [0.15, 0.2) is 36.7 Å². The number of halogens is 3. The highest BCUT2D eigenvalue weighted by Gasteiger charge is 2.33. The fourth-order valence-corrected chi connectivity index (χ4v) is 2.91. The Labute approximate surface area is 155 Å². The van der Waals surface area contributed by atoms with Crippen LogP contribution < -0.4 is 5.32 Å². The monoisotopic (exact) mass is 379 g/mol. The Kier molecular flexibility index (Phi) is 5.59. The van der Waals surface area contributed by atoms with Crippen molar-refractivity contribution in [2.45, 2.75) is 13.1 Å². The fourth-order valence-electron chi connectivity index (χ4n) is 2.91. The summed E-state index contributed by atoms with van der Waals surface area (Å²) in [4.78, 5) is 24.5. The summed E-state index contributed by atoms with van der Waals surface area (Å²) in [7, 11) is 0.